The molecule has 0 spiro atoms. The smallest absolute Gasteiger partial charge is 0.331 e. The lowest BCUT2D eigenvalue weighted by Gasteiger charge is -2.18. The fourth-order valence-electron chi connectivity index (χ4n) is 2.94. The van der Waals surface area contributed by atoms with E-state index in [0.29, 0.717) is 18.7 Å². The molecular formula is C20H21NO4. The molecule has 5 nitrogen and oxygen atoms in total. The van der Waals surface area contributed by atoms with E-state index in [9.17, 15) is 9.59 Å². The van der Waals surface area contributed by atoms with Crippen LogP contribution < -0.4 is 4.90 Å². The van der Waals surface area contributed by atoms with Gasteiger partial charge in [0.15, 0.2) is 0 Å². The summed E-state index contributed by atoms with van der Waals surface area (Å²) < 4.78 is 10.7. The molecule has 0 fully saturated rings. The zero-order valence-corrected chi connectivity index (χ0v) is 14.2. The van der Waals surface area contributed by atoms with Crippen LogP contribution in [0.2, 0.25) is 0 Å². The average Bonchev–Trinajstić information content (AvgIpc) is 2.89. The van der Waals surface area contributed by atoms with Crippen LogP contribution in [0.25, 0.3) is 5.57 Å². The van der Waals surface area contributed by atoms with Gasteiger partial charge in [0.2, 0.25) is 0 Å². The first kappa shape index (κ1) is 17.0. The topological polar surface area (TPSA) is 55.8 Å². The highest BCUT2D eigenvalue weighted by atomic mass is 16.5. The number of hydrogen-bond donors (Lipinski definition) is 0. The van der Waals surface area contributed by atoms with Crippen molar-refractivity contribution in [2.45, 2.75) is 19.8 Å². The molecule has 5 heteroatoms. The quantitative estimate of drug-likeness (QED) is 0.590. The van der Waals surface area contributed by atoms with Gasteiger partial charge >= 0.3 is 5.97 Å². The number of amides is 1. The Bertz CT molecular complexity index is 761. The fourth-order valence-corrected chi connectivity index (χ4v) is 2.94. The van der Waals surface area contributed by atoms with Gasteiger partial charge in [-0.05, 0) is 25.5 Å². The van der Waals surface area contributed by atoms with Crippen LogP contribution >= 0.6 is 0 Å². The van der Waals surface area contributed by atoms with E-state index in [4.69, 9.17) is 9.47 Å². The number of benzene rings is 1. The third kappa shape index (κ3) is 3.82. The first-order chi connectivity index (χ1) is 12.2. The van der Waals surface area contributed by atoms with E-state index in [1.165, 1.54) is 6.08 Å². The molecule has 25 heavy (non-hydrogen) atoms. The van der Waals surface area contributed by atoms with Gasteiger partial charge in [-0.3, -0.25) is 4.79 Å². The standard InChI is InChI=1S/C20H21NO4/c1-2-24-19(22)14-17-16-10-6-7-11-18(16)21(20(17)23)12-13-25-15-8-4-3-5-9-15/h3-4,6-8,10-11,14H,2,5,9,12-13H2,1H3/b17-14+. The zero-order chi connectivity index (χ0) is 17.6. The van der Waals surface area contributed by atoms with E-state index in [0.717, 1.165) is 29.9 Å². The Morgan fingerprint density at radius 3 is 2.92 bits per heavy atom. The van der Waals surface area contributed by atoms with Crippen molar-refractivity contribution in [1.29, 1.82) is 0 Å². The molecule has 1 aromatic carbocycles. The van der Waals surface area contributed by atoms with Crippen LogP contribution in [0.1, 0.15) is 25.3 Å². The summed E-state index contributed by atoms with van der Waals surface area (Å²) in [5.41, 5.74) is 1.92. The SMILES string of the molecule is CCOC(=O)/C=C1/C(=O)N(CCOC2=CC=CCC2)c2ccccc21. The highest BCUT2D eigenvalue weighted by Gasteiger charge is 2.32. The largest absolute Gasteiger partial charge is 0.496 e. The van der Waals surface area contributed by atoms with Crippen molar-refractivity contribution in [1.82, 2.24) is 0 Å². The Hall–Kier alpha value is -2.82. The van der Waals surface area contributed by atoms with Gasteiger partial charge in [-0.1, -0.05) is 30.4 Å². The van der Waals surface area contributed by atoms with Gasteiger partial charge in [-0.2, -0.15) is 0 Å². The Morgan fingerprint density at radius 1 is 1.32 bits per heavy atom. The third-order valence-electron chi connectivity index (χ3n) is 4.09. The maximum absolute atomic E-state index is 12.8. The first-order valence-corrected chi connectivity index (χ1v) is 8.49. The summed E-state index contributed by atoms with van der Waals surface area (Å²) in [6, 6.07) is 7.45. The molecule has 0 saturated heterocycles. The van der Waals surface area contributed by atoms with Crippen LogP contribution in [0.5, 0.6) is 0 Å². The van der Waals surface area contributed by atoms with Gasteiger partial charge in [0.25, 0.3) is 5.91 Å². The maximum Gasteiger partial charge on any atom is 0.331 e. The average molecular weight is 339 g/mol. The third-order valence-corrected chi connectivity index (χ3v) is 4.09. The highest BCUT2D eigenvalue weighted by molar-refractivity contribution is 6.34. The molecule has 1 heterocycles. The number of carbonyl (C=O) groups is 2. The normalized spacial score (nSPS) is 17.5. The summed E-state index contributed by atoms with van der Waals surface area (Å²) in [5, 5.41) is 0. The van der Waals surface area contributed by atoms with Crippen molar-refractivity contribution in [2.24, 2.45) is 0 Å². The number of para-hydroxylation sites is 1. The molecule has 1 amide bonds. The molecule has 1 aromatic rings. The lowest BCUT2D eigenvalue weighted by atomic mass is 10.1. The molecule has 0 radical (unpaired) electrons. The summed E-state index contributed by atoms with van der Waals surface area (Å²) in [6.45, 7) is 2.85. The van der Waals surface area contributed by atoms with Gasteiger partial charge in [-0.15, -0.1) is 0 Å². The summed E-state index contributed by atoms with van der Waals surface area (Å²) in [7, 11) is 0. The molecule has 0 aromatic heterocycles. The van der Waals surface area contributed by atoms with Crippen molar-refractivity contribution >= 4 is 23.1 Å². The van der Waals surface area contributed by atoms with Crippen LogP contribution in [0.3, 0.4) is 0 Å². The molecule has 0 bridgehead atoms. The highest BCUT2D eigenvalue weighted by Crippen LogP contribution is 2.36. The molecule has 1 aliphatic heterocycles. The Balaban J connectivity index is 1.74. The van der Waals surface area contributed by atoms with Crippen LogP contribution in [-0.4, -0.2) is 31.6 Å². The Labute approximate surface area is 147 Å². The second-order valence-electron chi connectivity index (χ2n) is 5.73. The van der Waals surface area contributed by atoms with Crippen molar-refractivity contribution < 1.29 is 19.1 Å². The van der Waals surface area contributed by atoms with Crippen molar-refractivity contribution in [3.63, 3.8) is 0 Å². The molecule has 3 rings (SSSR count). The summed E-state index contributed by atoms with van der Waals surface area (Å²) in [4.78, 5) is 26.2. The summed E-state index contributed by atoms with van der Waals surface area (Å²) in [5.74, 6) is 0.234. The van der Waals surface area contributed by atoms with Crippen LogP contribution in [0, 0.1) is 0 Å². The number of nitrogens with zero attached hydrogens (tertiary/aromatic N) is 1. The number of carbonyl (C=O) groups excluding carboxylic acids is 2. The number of ether oxygens (including phenoxy) is 2. The Kier molecular flexibility index (Phi) is 5.33. The van der Waals surface area contributed by atoms with Gasteiger partial charge in [0, 0.05) is 18.1 Å². The number of esters is 1. The lowest BCUT2D eigenvalue weighted by Crippen LogP contribution is -2.30. The molecule has 2 aliphatic rings. The molecule has 0 saturated carbocycles. The number of anilines is 1. The first-order valence-electron chi connectivity index (χ1n) is 8.49. The molecule has 0 N–H and O–H groups in total. The van der Waals surface area contributed by atoms with E-state index in [1.807, 2.05) is 36.4 Å². The molecule has 0 atom stereocenters. The van der Waals surface area contributed by atoms with E-state index in [1.54, 1.807) is 11.8 Å². The number of rotatable bonds is 6. The maximum atomic E-state index is 12.8. The molecular weight excluding hydrogens is 318 g/mol. The minimum absolute atomic E-state index is 0.199. The van der Waals surface area contributed by atoms with E-state index in [-0.39, 0.29) is 12.5 Å². The van der Waals surface area contributed by atoms with Crippen LogP contribution in [0.15, 0.2) is 54.3 Å². The number of fused-ring (bicyclic) bond motifs is 1. The van der Waals surface area contributed by atoms with Gasteiger partial charge < -0.3 is 14.4 Å². The van der Waals surface area contributed by atoms with Gasteiger partial charge in [-0.25, -0.2) is 4.79 Å². The predicted octanol–water partition coefficient (Wildman–Crippen LogP) is 3.23. The predicted molar refractivity (Wildman–Crippen MR) is 95.8 cm³/mol. The van der Waals surface area contributed by atoms with Crippen molar-refractivity contribution in [3.8, 4) is 0 Å². The second-order valence-corrected chi connectivity index (χ2v) is 5.73. The zero-order valence-electron chi connectivity index (χ0n) is 14.2. The minimum Gasteiger partial charge on any atom is -0.496 e. The monoisotopic (exact) mass is 339 g/mol. The number of allylic oxidation sites excluding steroid dienone is 4. The molecule has 130 valence electrons. The number of hydrogen-bond acceptors (Lipinski definition) is 4. The van der Waals surface area contributed by atoms with Gasteiger partial charge in [0.1, 0.15) is 6.61 Å². The van der Waals surface area contributed by atoms with Gasteiger partial charge in [0.05, 0.1) is 30.2 Å². The van der Waals surface area contributed by atoms with E-state index >= 15 is 0 Å². The van der Waals surface area contributed by atoms with Crippen molar-refractivity contribution in [2.75, 3.05) is 24.7 Å². The Morgan fingerprint density at radius 2 is 2.16 bits per heavy atom. The lowest BCUT2D eigenvalue weighted by molar-refractivity contribution is -0.137. The summed E-state index contributed by atoms with van der Waals surface area (Å²) >= 11 is 0. The molecule has 0 unspecified atom stereocenters. The second kappa shape index (κ2) is 7.83. The van der Waals surface area contributed by atoms with Crippen molar-refractivity contribution in [3.05, 3.63) is 59.9 Å². The van der Waals surface area contributed by atoms with Crippen LogP contribution in [0.4, 0.5) is 5.69 Å². The summed E-state index contributed by atoms with van der Waals surface area (Å²) in [6.07, 6.45) is 9.17. The van der Waals surface area contributed by atoms with E-state index < -0.39 is 5.97 Å². The van der Waals surface area contributed by atoms with E-state index in [2.05, 4.69) is 6.08 Å². The molecule has 1 aliphatic carbocycles. The fraction of sp³-hybridized carbons (Fsp3) is 0.300. The minimum atomic E-state index is -0.502. The van der Waals surface area contributed by atoms with Crippen LogP contribution in [-0.2, 0) is 19.1 Å².